The van der Waals surface area contributed by atoms with Crippen LogP contribution < -0.4 is 5.56 Å². The van der Waals surface area contributed by atoms with Gasteiger partial charge in [-0.3, -0.25) is 9.36 Å². The lowest BCUT2D eigenvalue weighted by Gasteiger charge is -2.12. The fourth-order valence-corrected chi connectivity index (χ4v) is 3.34. The van der Waals surface area contributed by atoms with Crippen LogP contribution in [0.4, 0.5) is 0 Å². The summed E-state index contributed by atoms with van der Waals surface area (Å²) < 4.78 is 1.63. The van der Waals surface area contributed by atoms with E-state index in [-0.39, 0.29) is 5.56 Å². The van der Waals surface area contributed by atoms with Crippen LogP contribution in [0.1, 0.15) is 27.9 Å². The first-order valence-electron chi connectivity index (χ1n) is 9.00. The van der Waals surface area contributed by atoms with Crippen molar-refractivity contribution in [2.45, 2.75) is 12.8 Å². The number of nitrogens with one attached hydrogen (secondary N) is 1. The lowest BCUT2D eigenvalue weighted by molar-refractivity contribution is 0.967. The lowest BCUT2D eigenvalue weighted by Crippen LogP contribution is -2.17. The minimum atomic E-state index is -0.0738. The van der Waals surface area contributed by atoms with Gasteiger partial charge >= 0.3 is 0 Å². The standard InChI is InChI=1S/C23H18N4O/c24-14-19-6-4-5-18(22(19)13-20-15-25-16-26-20)11-17-9-10-27(23(28)12-17)21-7-2-1-3-8-21/h1-10,12,15-16H,11,13H2,(H,25,26). The summed E-state index contributed by atoms with van der Waals surface area (Å²) >= 11 is 0. The molecule has 0 bridgehead atoms. The molecule has 0 unspecified atom stereocenters. The summed E-state index contributed by atoms with van der Waals surface area (Å²) in [5.41, 5.74) is 5.26. The van der Waals surface area contributed by atoms with Crippen molar-refractivity contribution in [3.05, 3.63) is 118 Å². The highest BCUT2D eigenvalue weighted by atomic mass is 16.1. The summed E-state index contributed by atoms with van der Waals surface area (Å²) in [6.45, 7) is 0. The average Bonchev–Trinajstić information content (AvgIpc) is 3.23. The molecule has 0 radical (unpaired) electrons. The van der Waals surface area contributed by atoms with E-state index in [2.05, 4.69) is 16.0 Å². The first-order valence-corrected chi connectivity index (χ1v) is 9.00. The monoisotopic (exact) mass is 366 g/mol. The molecule has 5 nitrogen and oxygen atoms in total. The molecule has 0 aliphatic carbocycles. The molecule has 0 atom stereocenters. The van der Waals surface area contributed by atoms with Gasteiger partial charge in [0, 0.05) is 36.3 Å². The van der Waals surface area contributed by atoms with Crippen LogP contribution in [0.3, 0.4) is 0 Å². The van der Waals surface area contributed by atoms with Gasteiger partial charge in [0.15, 0.2) is 0 Å². The van der Waals surface area contributed by atoms with Crippen LogP contribution in [0.2, 0.25) is 0 Å². The highest BCUT2D eigenvalue weighted by Crippen LogP contribution is 2.21. The molecular formula is C23H18N4O. The summed E-state index contributed by atoms with van der Waals surface area (Å²) in [6, 6.07) is 21.1. The number of hydrogen-bond donors (Lipinski definition) is 1. The third-order valence-electron chi connectivity index (χ3n) is 4.73. The molecule has 0 fully saturated rings. The lowest BCUT2D eigenvalue weighted by atomic mass is 9.93. The first kappa shape index (κ1) is 17.5. The van der Waals surface area contributed by atoms with Crippen molar-refractivity contribution < 1.29 is 0 Å². The predicted octanol–water partition coefficient (Wildman–Crippen LogP) is 3.61. The number of aromatic nitrogens is 3. The Morgan fingerprint density at radius 2 is 1.89 bits per heavy atom. The molecule has 0 spiro atoms. The van der Waals surface area contributed by atoms with Crippen molar-refractivity contribution in [3.8, 4) is 11.8 Å². The largest absolute Gasteiger partial charge is 0.348 e. The second-order valence-corrected chi connectivity index (χ2v) is 6.56. The van der Waals surface area contributed by atoms with Gasteiger partial charge in [-0.1, -0.05) is 30.3 Å². The number of aromatic amines is 1. The molecule has 2 heterocycles. The van der Waals surface area contributed by atoms with Crippen LogP contribution in [0.15, 0.2) is 84.2 Å². The van der Waals surface area contributed by atoms with Crippen LogP contribution >= 0.6 is 0 Å². The smallest absolute Gasteiger partial charge is 0.255 e. The molecule has 0 saturated carbocycles. The Hall–Kier alpha value is -3.91. The summed E-state index contributed by atoms with van der Waals surface area (Å²) in [5, 5.41) is 9.51. The second-order valence-electron chi connectivity index (χ2n) is 6.56. The third kappa shape index (κ3) is 3.62. The Morgan fingerprint density at radius 3 is 2.61 bits per heavy atom. The van der Waals surface area contributed by atoms with E-state index in [4.69, 9.17) is 0 Å². The Kier molecular flexibility index (Phi) is 4.85. The highest BCUT2D eigenvalue weighted by Gasteiger charge is 2.11. The van der Waals surface area contributed by atoms with Crippen LogP contribution in [-0.2, 0) is 12.8 Å². The van der Waals surface area contributed by atoms with Gasteiger partial charge in [-0.15, -0.1) is 0 Å². The molecule has 4 aromatic rings. The van der Waals surface area contributed by atoms with Gasteiger partial charge in [-0.25, -0.2) is 4.98 Å². The molecule has 28 heavy (non-hydrogen) atoms. The summed E-state index contributed by atoms with van der Waals surface area (Å²) in [5.74, 6) is 0. The third-order valence-corrected chi connectivity index (χ3v) is 4.73. The predicted molar refractivity (Wildman–Crippen MR) is 107 cm³/mol. The van der Waals surface area contributed by atoms with Gasteiger partial charge in [0.05, 0.1) is 18.0 Å². The summed E-state index contributed by atoms with van der Waals surface area (Å²) in [4.78, 5) is 19.7. The zero-order chi connectivity index (χ0) is 19.3. The Balaban J connectivity index is 1.67. The summed E-state index contributed by atoms with van der Waals surface area (Å²) in [7, 11) is 0. The maximum Gasteiger partial charge on any atom is 0.255 e. The fraction of sp³-hybridized carbons (Fsp3) is 0.0870. The molecule has 0 aliphatic heterocycles. The second kappa shape index (κ2) is 7.77. The topological polar surface area (TPSA) is 74.5 Å². The van der Waals surface area contributed by atoms with E-state index in [1.807, 2.05) is 54.6 Å². The number of hydrogen-bond acceptors (Lipinski definition) is 3. The number of H-pyrrole nitrogens is 1. The Morgan fingerprint density at radius 1 is 1.04 bits per heavy atom. The van der Waals surface area contributed by atoms with E-state index in [0.717, 1.165) is 28.1 Å². The van der Waals surface area contributed by atoms with Crippen molar-refractivity contribution in [2.24, 2.45) is 0 Å². The number of nitrogens with zero attached hydrogens (tertiary/aromatic N) is 3. The van der Waals surface area contributed by atoms with Crippen molar-refractivity contribution >= 4 is 0 Å². The molecule has 0 amide bonds. The first-order chi connectivity index (χ1) is 13.7. The number of nitriles is 1. The number of pyridine rings is 1. The van der Waals surface area contributed by atoms with Crippen LogP contribution in [-0.4, -0.2) is 14.5 Å². The molecule has 5 heteroatoms. The van der Waals surface area contributed by atoms with Gasteiger partial charge in [0.2, 0.25) is 0 Å². The SMILES string of the molecule is N#Cc1cccc(Cc2ccn(-c3ccccc3)c(=O)c2)c1Cc1cnc[nH]1. The van der Waals surface area contributed by atoms with Crippen molar-refractivity contribution in [1.82, 2.24) is 14.5 Å². The maximum absolute atomic E-state index is 12.6. The highest BCUT2D eigenvalue weighted by molar-refractivity contribution is 5.46. The van der Waals surface area contributed by atoms with E-state index in [0.29, 0.717) is 18.4 Å². The van der Waals surface area contributed by atoms with Crippen molar-refractivity contribution in [3.63, 3.8) is 0 Å². The molecule has 2 aromatic carbocycles. The molecular weight excluding hydrogens is 348 g/mol. The maximum atomic E-state index is 12.6. The molecule has 136 valence electrons. The van der Waals surface area contributed by atoms with Gasteiger partial charge in [0.1, 0.15) is 0 Å². The van der Waals surface area contributed by atoms with Crippen LogP contribution in [0.5, 0.6) is 0 Å². The molecule has 0 saturated heterocycles. The number of imidazole rings is 1. The summed E-state index contributed by atoms with van der Waals surface area (Å²) in [6.07, 6.45) is 6.38. The van der Waals surface area contributed by atoms with Crippen LogP contribution in [0.25, 0.3) is 5.69 Å². The normalized spacial score (nSPS) is 10.5. The Labute approximate surface area is 162 Å². The van der Waals surface area contributed by atoms with Crippen molar-refractivity contribution in [1.29, 1.82) is 5.26 Å². The van der Waals surface area contributed by atoms with Gasteiger partial charge in [-0.05, 0) is 47.4 Å². The Bertz CT molecular complexity index is 1190. The molecule has 1 N–H and O–H groups in total. The molecule has 4 rings (SSSR count). The zero-order valence-electron chi connectivity index (χ0n) is 15.2. The van der Waals surface area contributed by atoms with E-state index in [1.54, 1.807) is 29.4 Å². The van der Waals surface area contributed by atoms with E-state index < -0.39 is 0 Å². The number of para-hydroxylation sites is 1. The zero-order valence-corrected chi connectivity index (χ0v) is 15.2. The van der Waals surface area contributed by atoms with E-state index >= 15 is 0 Å². The minimum Gasteiger partial charge on any atom is -0.348 e. The fourth-order valence-electron chi connectivity index (χ4n) is 3.34. The van der Waals surface area contributed by atoms with Gasteiger partial charge in [-0.2, -0.15) is 5.26 Å². The van der Waals surface area contributed by atoms with Crippen LogP contribution in [0, 0.1) is 11.3 Å². The molecule has 2 aromatic heterocycles. The quantitative estimate of drug-likeness (QED) is 0.586. The van der Waals surface area contributed by atoms with Gasteiger partial charge in [0.25, 0.3) is 5.56 Å². The van der Waals surface area contributed by atoms with E-state index in [9.17, 15) is 10.1 Å². The number of rotatable bonds is 5. The van der Waals surface area contributed by atoms with Gasteiger partial charge < -0.3 is 4.98 Å². The number of benzene rings is 2. The molecule has 0 aliphatic rings. The van der Waals surface area contributed by atoms with Crippen molar-refractivity contribution in [2.75, 3.05) is 0 Å². The average molecular weight is 366 g/mol. The van der Waals surface area contributed by atoms with E-state index in [1.165, 1.54) is 0 Å². The minimum absolute atomic E-state index is 0.0738.